The molecule has 20 heavy (non-hydrogen) atoms. The Kier molecular flexibility index (Phi) is 3.26. The molecule has 1 aliphatic heterocycles. The van der Waals surface area contributed by atoms with E-state index in [-0.39, 0.29) is 12.0 Å². The number of fused-ring (bicyclic) bond motifs is 1. The van der Waals surface area contributed by atoms with Crippen molar-refractivity contribution in [2.45, 2.75) is 32.8 Å². The van der Waals surface area contributed by atoms with Crippen molar-refractivity contribution in [1.29, 1.82) is 0 Å². The van der Waals surface area contributed by atoms with Gasteiger partial charge in [-0.1, -0.05) is 12.1 Å². The summed E-state index contributed by atoms with van der Waals surface area (Å²) >= 11 is 0. The highest BCUT2D eigenvalue weighted by molar-refractivity contribution is 6.06. The zero-order valence-corrected chi connectivity index (χ0v) is 11.9. The van der Waals surface area contributed by atoms with E-state index in [0.29, 0.717) is 12.1 Å². The van der Waals surface area contributed by atoms with Gasteiger partial charge >= 0.3 is 0 Å². The van der Waals surface area contributed by atoms with Crippen LogP contribution in [-0.4, -0.2) is 40.1 Å². The Hall–Kier alpha value is -1.81. The fourth-order valence-electron chi connectivity index (χ4n) is 2.97. The fraction of sp³-hybridized carbons (Fsp3) is 0.438. The highest BCUT2D eigenvalue weighted by Crippen LogP contribution is 2.25. The Balaban J connectivity index is 2.01. The monoisotopic (exact) mass is 272 g/mol. The molecule has 0 aliphatic carbocycles. The molecular formula is C16H20N2O2. The van der Waals surface area contributed by atoms with Crippen molar-refractivity contribution in [1.82, 2.24) is 9.88 Å². The lowest BCUT2D eigenvalue weighted by Gasteiger charge is -2.30. The van der Waals surface area contributed by atoms with Gasteiger partial charge in [-0.05, 0) is 38.3 Å². The van der Waals surface area contributed by atoms with Gasteiger partial charge in [0.1, 0.15) is 0 Å². The van der Waals surface area contributed by atoms with Crippen LogP contribution >= 0.6 is 0 Å². The lowest BCUT2D eigenvalue weighted by Crippen LogP contribution is -2.42. The van der Waals surface area contributed by atoms with Crippen LogP contribution < -0.4 is 0 Å². The first-order valence-electron chi connectivity index (χ1n) is 7.13. The van der Waals surface area contributed by atoms with Crippen molar-refractivity contribution in [3.05, 3.63) is 35.0 Å². The minimum absolute atomic E-state index is 0.00981. The molecule has 1 saturated heterocycles. The largest absolute Gasteiger partial charge is 0.391 e. The maximum atomic E-state index is 12.7. The number of carbonyl (C=O) groups excluding carboxylic acids is 1. The van der Waals surface area contributed by atoms with Gasteiger partial charge in [-0.15, -0.1) is 0 Å². The number of piperidine rings is 1. The third kappa shape index (κ3) is 2.10. The van der Waals surface area contributed by atoms with Crippen LogP contribution in [0.1, 0.15) is 34.5 Å². The summed E-state index contributed by atoms with van der Waals surface area (Å²) in [5.74, 6) is 0.00981. The number of rotatable bonds is 1. The minimum Gasteiger partial charge on any atom is -0.391 e. The molecule has 1 aromatic carbocycles. The van der Waals surface area contributed by atoms with Crippen molar-refractivity contribution < 1.29 is 9.90 Å². The molecule has 1 aromatic heterocycles. The van der Waals surface area contributed by atoms with Crippen LogP contribution in [0, 0.1) is 13.8 Å². The first-order valence-corrected chi connectivity index (χ1v) is 7.13. The molecule has 106 valence electrons. The molecule has 4 heteroatoms. The molecule has 1 amide bonds. The van der Waals surface area contributed by atoms with Crippen LogP contribution in [0.4, 0.5) is 0 Å². The van der Waals surface area contributed by atoms with E-state index in [0.717, 1.165) is 36.0 Å². The standard InChI is InChI=1S/C16H20N2O2/c1-10-11(2)17-15-13(10)6-3-7-14(15)16(20)18-8-4-5-12(19)9-18/h3,6-7,12,17,19H,4-5,8-9H2,1-2H3. The van der Waals surface area contributed by atoms with Gasteiger partial charge in [-0.2, -0.15) is 0 Å². The Morgan fingerprint density at radius 3 is 2.95 bits per heavy atom. The highest BCUT2D eigenvalue weighted by Gasteiger charge is 2.24. The predicted molar refractivity (Wildman–Crippen MR) is 78.9 cm³/mol. The summed E-state index contributed by atoms with van der Waals surface area (Å²) < 4.78 is 0. The molecule has 3 rings (SSSR count). The molecule has 2 aromatic rings. The molecular weight excluding hydrogens is 252 g/mol. The number of likely N-dealkylation sites (tertiary alicyclic amines) is 1. The summed E-state index contributed by atoms with van der Waals surface area (Å²) in [5, 5.41) is 10.8. The van der Waals surface area contributed by atoms with Gasteiger partial charge in [0, 0.05) is 24.2 Å². The van der Waals surface area contributed by atoms with E-state index >= 15 is 0 Å². The molecule has 0 saturated carbocycles. The fourth-order valence-corrected chi connectivity index (χ4v) is 2.97. The Morgan fingerprint density at radius 1 is 1.40 bits per heavy atom. The molecule has 1 fully saturated rings. The molecule has 1 atom stereocenters. The molecule has 4 nitrogen and oxygen atoms in total. The highest BCUT2D eigenvalue weighted by atomic mass is 16.3. The van der Waals surface area contributed by atoms with Crippen LogP contribution in [0.5, 0.6) is 0 Å². The number of aromatic amines is 1. The molecule has 0 radical (unpaired) electrons. The van der Waals surface area contributed by atoms with Gasteiger partial charge in [0.2, 0.25) is 0 Å². The van der Waals surface area contributed by atoms with Gasteiger partial charge in [0.25, 0.3) is 5.91 Å². The smallest absolute Gasteiger partial charge is 0.256 e. The third-order valence-corrected chi connectivity index (χ3v) is 4.26. The number of aliphatic hydroxyl groups is 1. The third-order valence-electron chi connectivity index (χ3n) is 4.26. The summed E-state index contributed by atoms with van der Waals surface area (Å²) in [4.78, 5) is 17.7. The van der Waals surface area contributed by atoms with E-state index in [9.17, 15) is 9.90 Å². The topological polar surface area (TPSA) is 56.3 Å². The molecule has 2 N–H and O–H groups in total. The van der Waals surface area contributed by atoms with Crippen LogP contribution in [0.3, 0.4) is 0 Å². The molecule has 2 heterocycles. The lowest BCUT2D eigenvalue weighted by atomic mass is 10.0. The number of para-hydroxylation sites is 1. The minimum atomic E-state index is -0.390. The SMILES string of the molecule is Cc1[nH]c2c(C(=O)N3CCCC(O)C3)cccc2c1C. The van der Waals surface area contributed by atoms with E-state index in [1.165, 1.54) is 5.56 Å². The van der Waals surface area contributed by atoms with E-state index < -0.39 is 0 Å². The van der Waals surface area contributed by atoms with Crippen molar-refractivity contribution >= 4 is 16.8 Å². The number of β-amino-alcohol motifs (C(OH)–C–C–N with tert-alkyl or cyclic N) is 1. The summed E-state index contributed by atoms with van der Waals surface area (Å²) in [6, 6.07) is 5.83. The molecule has 0 bridgehead atoms. The average molecular weight is 272 g/mol. The number of nitrogens with zero attached hydrogens (tertiary/aromatic N) is 1. The number of aliphatic hydroxyl groups excluding tert-OH is 1. The molecule has 0 spiro atoms. The van der Waals surface area contributed by atoms with Gasteiger partial charge in [0.05, 0.1) is 17.2 Å². The van der Waals surface area contributed by atoms with Crippen molar-refractivity contribution in [3.8, 4) is 0 Å². The number of H-pyrrole nitrogens is 1. The number of carbonyl (C=O) groups is 1. The van der Waals surface area contributed by atoms with Crippen LogP contribution in [0.2, 0.25) is 0 Å². The van der Waals surface area contributed by atoms with Crippen LogP contribution in [0.25, 0.3) is 10.9 Å². The second kappa shape index (κ2) is 4.94. The summed E-state index contributed by atoms with van der Waals surface area (Å²) in [5.41, 5.74) is 3.90. The number of hydrogen-bond donors (Lipinski definition) is 2. The summed E-state index contributed by atoms with van der Waals surface area (Å²) in [6.45, 7) is 5.25. The number of benzene rings is 1. The maximum absolute atomic E-state index is 12.7. The number of aromatic nitrogens is 1. The van der Waals surface area contributed by atoms with Crippen LogP contribution in [-0.2, 0) is 0 Å². The first-order chi connectivity index (χ1) is 9.58. The average Bonchev–Trinajstić information content (AvgIpc) is 2.74. The number of amides is 1. The Labute approximate surface area is 118 Å². The molecule has 1 aliphatic rings. The summed E-state index contributed by atoms with van der Waals surface area (Å²) in [6.07, 6.45) is 1.26. The maximum Gasteiger partial charge on any atom is 0.256 e. The Bertz CT molecular complexity index is 660. The first kappa shape index (κ1) is 13.2. The molecule has 1 unspecified atom stereocenters. The van der Waals surface area contributed by atoms with Gasteiger partial charge in [0.15, 0.2) is 0 Å². The van der Waals surface area contributed by atoms with Crippen molar-refractivity contribution in [2.75, 3.05) is 13.1 Å². The van der Waals surface area contributed by atoms with Gasteiger partial charge < -0.3 is 15.0 Å². The van der Waals surface area contributed by atoms with Crippen molar-refractivity contribution in [3.63, 3.8) is 0 Å². The quantitative estimate of drug-likeness (QED) is 0.837. The van der Waals surface area contributed by atoms with Crippen molar-refractivity contribution in [2.24, 2.45) is 0 Å². The summed E-state index contributed by atoms with van der Waals surface area (Å²) in [7, 11) is 0. The zero-order valence-electron chi connectivity index (χ0n) is 11.9. The zero-order chi connectivity index (χ0) is 14.3. The van der Waals surface area contributed by atoms with Crippen LogP contribution in [0.15, 0.2) is 18.2 Å². The van der Waals surface area contributed by atoms with Gasteiger partial charge in [-0.3, -0.25) is 4.79 Å². The second-order valence-electron chi connectivity index (χ2n) is 5.65. The predicted octanol–water partition coefficient (Wildman–Crippen LogP) is 2.38. The van der Waals surface area contributed by atoms with E-state index in [1.54, 1.807) is 4.90 Å². The number of aryl methyl sites for hydroxylation is 2. The van der Waals surface area contributed by atoms with E-state index in [2.05, 4.69) is 11.9 Å². The Morgan fingerprint density at radius 2 is 2.20 bits per heavy atom. The van der Waals surface area contributed by atoms with E-state index in [4.69, 9.17) is 0 Å². The van der Waals surface area contributed by atoms with E-state index in [1.807, 2.05) is 25.1 Å². The lowest BCUT2D eigenvalue weighted by molar-refractivity contribution is 0.0475. The van der Waals surface area contributed by atoms with Gasteiger partial charge in [-0.25, -0.2) is 0 Å². The number of nitrogens with one attached hydrogen (secondary N) is 1. The normalized spacial score (nSPS) is 19.6. The second-order valence-corrected chi connectivity index (χ2v) is 5.65. The number of hydrogen-bond acceptors (Lipinski definition) is 2.